The summed E-state index contributed by atoms with van der Waals surface area (Å²) in [5, 5.41) is 0. The summed E-state index contributed by atoms with van der Waals surface area (Å²) in [6.07, 6.45) is 1.45. The predicted octanol–water partition coefficient (Wildman–Crippen LogP) is 1.73. The van der Waals surface area contributed by atoms with Gasteiger partial charge in [-0.15, -0.1) is 0 Å². The van der Waals surface area contributed by atoms with Crippen LogP contribution in [0.25, 0.3) is 0 Å². The van der Waals surface area contributed by atoms with Gasteiger partial charge in [0.15, 0.2) is 11.5 Å². The van der Waals surface area contributed by atoms with Gasteiger partial charge in [-0.05, 0) is 36.2 Å². The van der Waals surface area contributed by atoms with Crippen LogP contribution in [0.15, 0.2) is 47.4 Å². The maximum atomic E-state index is 13.1. The molecule has 0 unspecified atom stereocenters. The van der Waals surface area contributed by atoms with E-state index in [9.17, 15) is 18.0 Å². The second-order valence-electron chi connectivity index (χ2n) is 8.62. The minimum absolute atomic E-state index is 0.133. The van der Waals surface area contributed by atoms with Gasteiger partial charge in [0, 0.05) is 57.3 Å². The second kappa shape index (κ2) is 9.27. The number of benzene rings is 2. The zero-order chi connectivity index (χ0) is 23.7. The number of hydrogen-bond donors (Lipinski definition) is 0. The number of amides is 2. The van der Waals surface area contributed by atoms with Gasteiger partial charge in [-0.3, -0.25) is 9.59 Å². The number of rotatable bonds is 5. The summed E-state index contributed by atoms with van der Waals surface area (Å²) in [7, 11) is -3.71. The molecule has 0 bridgehead atoms. The van der Waals surface area contributed by atoms with Gasteiger partial charge in [0.05, 0.1) is 4.90 Å². The summed E-state index contributed by atoms with van der Waals surface area (Å²) < 4.78 is 38.7. The Hall–Kier alpha value is -3.11. The SMILES string of the molecule is O=C1CCCN1Cc1cccc(C(=O)N2CCN(S(=O)(=O)c3ccc4c(c3)OCCO4)CC2)c1. The Labute approximate surface area is 198 Å². The third-order valence-electron chi connectivity index (χ3n) is 6.40. The number of ether oxygens (including phenoxy) is 2. The smallest absolute Gasteiger partial charge is 0.253 e. The molecular formula is C24H27N3O6S. The number of carbonyl (C=O) groups is 2. The lowest BCUT2D eigenvalue weighted by Crippen LogP contribution is -2.50. The molecule has 2 aromatic carbocycles. The molecule has 0 atom stereocenters. The van der Waals surface area contributed by atoms with Crippen molar-refractivity contribution in [1.29, 1.82) is 0 Å². The summed E-state index contributed by atoms with van der Waals surface area (Å²) in [5.41, 5.74) is 1.47. The summed E-state index contributed by atoms with van der Waals surface area (Å²) in [4.78, 5) is 28.6. The number of fused-ring (bicyclic) bond motifs is 1. The number of nitrogens with zero attached hydrogens (tertiary/aromatic N) is 3. The van der Waals surface area contributed by atoms with Crippen molar-refractivity contribution in [2.45, 2.75) is 24.3 Å². The molecule has 3 aliphatic heterocycles. The van der Waals surface area contributed by atoms with Crippen molar-refractivity contribution in [3.05, 3.63) is 53.6 Å². The van der Waals surface area contributed by atoms with Crippen LogP contribution in [-0.2, 0) is 21.4 Å². The number of piperazine rings is 1. The van der Waals surface area contributed by atoms with Crippen molar-refractivity contribution >= 4 is 21.8 Å². The van der Waals surface area contributed by atoms with Crippen LogP contribution in [0.4, 0.5) is 0 Å². The van der Waals surface area contributed by atoms with Crippen LogP contribution in [-0.4, -0.2) is 80.3 Å². The van der Waals surface area contributed by atoms with Crippen LogP contribution >= 0.6 is 0 Å². The highest BCUT2D eigenvalue weighted by Crippen LogP contribution is 2.33. The van der Waals surface area contributed by atoms with Crippen molar-refractivity contribution in [3.8, 4) is 11.5 Å². The standard InChI is InChI=1S/C24H27N3O6S/c28-23-5-2-8-26(23)17-18-3-1-4-19(15-18)24(29)25-9-11-27(12-10-25)34(30,31)20-6-7-21-22(16-20)33-14-13-32-21/h1,3-4,6-7,15-16H,2,5,8-14,17H2. The van der Waals surface area contributed by atoms with E-state index in [0.717, 1.165) is 18.5 Å². The molecule has 0 aromatic heterocycles. The molecule has 3 heterocycles. The Kier molecular flexibility index (Phi) is 6.18. The molecule has 0 aliphatic carbocycles. The Morgan fingerprint density at radius 1 is 0.912 bits per heavy atom. The molecule has 3 aliphatic rings. The predicted molar refractivity (Wildman–Crippen MR) is 123 cm³/mol. The molecule has 0 spiro atoms. The number of hydrogen-bond acceptors (Lipinski definition) is 6. The summed E-state index contributed by atoms with van der Waals surface area (Å²) in [6.45, 7) is 3.10. The first kappa shape index (κ1) is 22.7. The van der Waals surface area contributed by atoms with E-state index < -0.39 is 10.0 Å². The monoisotopic (exact) mass is 485 g/mol. The van der Waals surface area contributed by atoms with E-state index in [0.29, 0.717) is 56.3 Å². The lowest BCUT2D eigenvalue weighted by Gasteiger charge is -2.34. The highest BCUT2D eigenvalue weighted by molar-refractivity contribution is 7.89. The average molecular weight is 486 g/mol. The van der Waals surface area contributed by atoms with Gasteiger partial charge in [0.2, 0.25) is 15.9 Å². The Balaban J connectivity index is 1.23. The Bertz CT molecular complexity index is 1210. The lowest BCUT2D eigenvalue weighted by atomic mass is 10.1. The third kappa shape index (κ3) is 4.47. The normalized spacial score (nSPS) is 18.9. The van der Waals surface area contributed by atoms with Crippen LogP contribution in [0.1, 0.15) is 28.8 Å². The van der Waals surface area contributed by atoms with Crippen molar-refractivity contribution in [2.24, 2.45) is 0 Å². The Morgan fingerprint density at radius 3 is 2.41 bits per heavy atom. The minimum atomic E-state index is -3.71. The molecule has 2 aromatic rings. The van der Waals surface area contributed by atoms with E-state index >= 15 is 0 Å². The van der Waals surface area contributed by atoms with Crippen molar-refractivity contribution in [3.63, 3.8) is 0 Å². The topological polar surface area (TPSA) is 96.5 Å². The summed E-state index contributed by atoms with van der Waals surface area (Å²) in [5.74, 6) is 0.978. The lowest BCUT2D eigenvalue weighted by molar-refractivity contribution is -0.128. The Morgan fingerprint density at radius 2 is 1.68 bits per heavy atom. The molecule has 34 heavy (non-hydrogen) atoms. The molecule has 0 saturated carbocycles. The first-order valence-corrected chi connectivity index (χ1v) is 12.9. The number of carbonyl (C=O) groups excluding carboxylic acids is 2. The maximum absolute atomic E-state index is 13.1. The fourth-order valence-corrected chi connectivity index (χ4v) is 5.98. The molecule has 2 fully saturated rings. The molecule has 5 rings (SSSR count). The average Bonchev–Trinajstić information content (AvgIpc) is 3.27. The first-order valence-electron chi connectivity index (χ1n) is 11.5. The van der Waals surface area contributed by atoms with Crippen molar-refractivity contribution in [1.82, 2.24) is 14.1 Å². The molecule has 0 N–H and O–H groups in total. The second-order valence-corrected chi connectivity index (χ2v) is 10.6. The molecule has 0 radical (unpaired) electrons. The van der Waals surface area contributed by atoms with Crippen LogP contribution < -0.4 is 9.47 Å². The van der Waals surface area contributed by atoms with E-state index in [4.69, 9.17) is 9.47 Å². The van der Waals surface area contributed by atoms with Crippen LogP contribution in [0, 0.1) is 0 Å². The van der Waals surface area contributed by atoms with Crippen molar-refractivity contribution in [2.75, 3.05) is 45.9 Å². The van der Waals surface area contributed by atoms with Gasteiger partial charge in [-0.2, -0.15) is 4.31 Å². The zero-order valence-corrected chi connectivity index (χ0v) is 19.6. The summed E-state index contributed by atoms with van der Waals surface area (Å²) in [6, 6.07) is 12.0. The minimum Gasteiger partial charge on any atom is -0.486 e. The molecule has 9 nitrogen and oxygen atoms in total. The quantitative estimate of drug-likeness (QED) is 0.640. The van der Waals surface area contributed by atoms with E-state index in [2.05, 4.69) is 0 Å². The molecule has 10 heteroatoms. The van der Waals surface area contributed by atoms with Gasteiger partial charge in [-0.25, -0.2) is 8.42 Å². The molecular weight excluding hydrogens is 458 g/mol. The maximum Gasteiger partial charge on any atom is 0.253 e. The number of likely N-dealkylation sites (tertiary alicyclic amines) is 1. The van der Waals surface area contributed by atoms with Gasteiger partial charge in [0.25, 0.3) is 5.91 Å². The van der Waals surface area contributed by atoms with E-state index in [-0.39, 0.29) is 29.8 Å². The van der Waals surface area contributed by atoms with Gasteiger partial charge >= 0.3 is 0 Å². The van der Waals surface area contributed by atoms with Gasteiger partial charge in [0.1, 0.15) is 13.2 Å². The van der Waals surface area contributed by atoms with E-state index in [1.54, 1.807) is 17.0 Å². The van der Waals surface area contributed by atoms with E-state index in [1.807, 2.05) is 23.1 Å². The molecule has 180 valence electrons. The van der Waals surface area contributed by atoms with Crippen LogP contribution in [0.3, 0.4) is 0 Å². The third-order valence-corrected chi connectivity index (χ3v) is 8.29. The van der Waals surface area contributed by atoms with Gasteiger partial charge in [-0.1, -0.05) is 12.1 Å². The highest BCUT2D eigenvalue weighted by Gasteiger charge is 2.31. The van der Waals surface area contributed by atoms with Crippen LogP contribution in [0.5, 0.6) is 11.5 Å². The molecule has 2 amide bonds. The summed E-state index contributed by atoms with van der Waals surface area (Å²) >= 11 is 0. The zero-order valence-electron chi connectivity index (χ0n) is 18.8. The number of sulfonamides is 1. The van der Waals surface area contributed by atoms with Crippen LogP contribution in [0.2, 0.25) is 0 Å². The fourth-order valence-electron chi connectivity index (χ4n) is 4.54. The van der Waals surface area contributed by atoms with E-state index in [1.165, 1.54) is 16.4 Å². The first-order chi connectivity index (χ1) is 16.4. The van der Waals surface area contributed by atoms with Gasteiger partial charge < -0.3 is 19.3 Å². The largest absolute Gasteiger partial charge is 0.486 e. The van der Waals surface area contributed by atoms with Crippen molar-refractivity contribution < 1.29 is 27.5 Å². The fraction of sp³-hybridized carbons (Fsp3) is 0.417. The molecule has 2 saturated heterocycles. The highest BCUT2D eigenvalue weighted by atomic mass is 32.2.